The third kappa shape index (κ3) is 3.45. The van der Waals surface area contributed by atoms with E-state index in [1.807, 2.05) is 0 Å². The lowest BCUT2D eigenvalue weighted by atomic mass is 10.1. The number of methoxy groups -OCH3 is 1. The second-order valence-electron chi connectivity index (χ2n) is 4.56. The van der Waals surface area contributed by atoms with Crippen molar-refractivity contribution >= 4 is 23.6 Å². The molecule has 1 amide bonds. The van der Waals surface area contributed by atoms with E-state index in [9.17, 15) is 9.59 Å². The molecule has 20 heavy (non-hydrogen) atoms. The first-order chi connectivity index (χ1) is 9.61. The summed E-state index contributed by atoms with van der Waals surface area (Å²) >= 11 is 1.69. The number of nitrogens with zero attached hydrogens (tertiary/aromatic N) is 1. The second kappa shape index (κ2) is 6.65. The Hall–Kier alpha value is -1.69. The number of carboxylic acids is 1. The molecular weight excluding hydrogens is 278 g/mol. The zero-order valence-corrected chi connectivity index (χ0v) is 12.1. The van der Waals surface area contributed by atoms with Gasteiger partial charge in [-0.05, 0) is 18.2 Å². The number of ether oxygens (including phenoxy) is 1. The minimum Gasteiger partial charge on any atom is -0.497 e. The SMILES string of the molecule is COc1cccc(C(=O)N2CCSCC2CC(=O)O)c1. The number of carbonyl (C=O) groups is 2. The van der Waals surface area contributed by atoms with E-state index in [1.165, 1.54) is 0 Å². The molecule has 0 spiro atoms. The van der Waals surface area contributed by atoms with Crippen LogP contribution in [0, 0.1) is 0 Å². The summed E-state index contributed by atoms with van der Waals surface area (Å²) in [6.45, 7) is 0.582. The van der Waals surface area contributed by atoms with Crippen LogP contribution < -0.4 is 4.74 Å². The molecule has 1 heterocycles. The van der Waals surface area contributed by atoms with Crippen LogP contribution >= 0.6 is 11.8 Å². The molecule has 1 fully saturated rings. The van der Waals surface area contributed by atoms with E-state index in [0.29, 0.717) is 23.6 Å². The number of hydrogen-bond donors (Lipinski definition) is 1. The summed E-state index contributed by atoms with van der Waals surface area (Å²) in [7, 11) is 1.55. The molecule has 0 aliphatic carbocycles. The fourth-order valence-electron chi connectivity index (χ4n) is 2.21. The number of amides is 1. The fourth-order valence-corrected chi connectivity index (χ4v) is 3.28. The number of carboxylic acid groups (broad SMARTS) is 1. The van der Waals surface area contributed by atoms with E-state index < -0.39 is 5.97 Å². The van der Waals surface area contributed by atoms with E-state index in [2.05, 4.69) is 0 Å². The van der Waals surface area contributed by atoms with E-state index in [4.69, 9.17) is 9.84 Å². The summed E-state index contributed by atoms with van der Waals surface area (Å²) in [5.41, 5.74) is 0.534. The van der Waals surface area contributed by atoms with Crippen LogP contribution in [-0.2, 0) is 4.79 Å². The van der Waals surface area contributed by atoms with Crippen molar-refractivity contribution in [1.29, 1.82) is 0 Å². The molecule has 0 aromatic heterocycles. The minimum absolute atomic E-state index is 0.0112. The first-order valence-electron chi connectivity index (χ1n) is 6.36. The van der Waals surface area contributed by atoms with E-state index >= 15 is 0 Å². The predicted octanol–water partition coefficient (Wildman–Crippen LogP) is 1.73. The highest BCUT2D eigenvalue weighted by Gasteiger charge is 2.29. The summed E-state index contributed by atoms with van der Waals surface area (Å²) in [4.78, 5) is 25.1. The van der Waals surface area contributed by atoms with Crippen molar-refractivity contribution in [2.24, 2.45) is 0 Å². The third-order valence-corrected chi connectivity index (χ3v) is 4.31. The third-order valence-electron chi connectivity index (χ3n) is 3.22. The Morgan fingerprint density at radius 2 is 2.30 bits per heavy atom. The van der Waals surface area contributed by atoms with Crippen molar-refractivity contribution in [2.75, 3.05) is 25.2 Å². The molecule has 5 nitrogen and oxygen atoms in total. The first kappa shape index (κ1) is 14.7. The molecule has 0 bridgehead atoms. The van der Waals surface area contributed by atoms with E-state index in [1.54, 1.807) is 48.0 Å². The van der Waals surface area contributed by atoms with Crippen LogP contribution in [0.4, 0.5) is 0 Å². The van der Waals surface area contributed by atoms with Gasteiger partial charge in [0.2, 0.25) is 0 Å². The maximum absolute atomic E-state index is 12.5. The standard InChI is InChI=1S/C14H17NO4S/c1-19-12-4-2-3-10(7-12)14(18)15-5-6-20-9-11(15)8-13(16)17/h2-4,7,11H,5-6,8-9H2,1H3,(H,16,17). The van der Waals surface area contributed by atoms with Crippen molar-refractivity contribution in [3.05, 3.63) is 29.8 Å². The lowest BCUT2D eigenvalue weighted by Crippen LogP contribution is -2.47. The number of thioether (sulfide) groups is 1. The van der Waals surface area contributed by atoms with E-state index in [0.717, 1.165) is 5.75 Å². The van der Waals surface area contributed by atoms with Gasteiger partial charge in [-0.3, -0.25) is 9.59 Å². The normalized spacial score (nSPS) is 18.6. The molecule has 108 valence electrons. The van der Waals surface area contributed by atoms with Crippen LogP contribution in [0.25, 0.3) is 0 Å². The number of carbonyl (C=O) groups excluding carboxylic acids is 1. The van der Waals surface area contributed by atoms with Crippen molar-refractivity contribution < 1.29 is 19.4 Å². The maximum atomic E-state index is 12.5. The largest absolute Gasteiger partial charge is 0.497 e. The van der Waals surface area contributed by atoms with Gasteiger partial charge in [0.05, 0.1) is 19.6 Å². The van der Waals surface area contributed by atoms with Gasteiger partial charge >= 0.3 is 5.97 Å². The van der Waals surface area contributed by atoms with Gasteiger partial charge in [-0.15, -0.1) is 0 Å². The average Bonchev–Trinajstić information content (AvgIpc) is 2.46. The minimum atomic E-state index is -0.874. The second-order valence-corrected chi connectivity index (χ2v) is 5.71. The highest BCUT2D eigenvalue weighted by molar-refractivity contribution is 7.99. The topological polar surface area (TPSA) is 66.8 Å². The Balaban J connectivity index is 2.18. The van der Waals surface area contributed by atoms with Gasteiger partial charge in [-0.2, -0.15) is 11.8 Å². The van der Waals surface area contributed by atoms with Crippen LogP contribution in [0.2, 0.25) is 0 Å². The molecule has 1 aliphatic heterocycles. The average molecular weight is 295 g/mol. The van der Waals surface area contributed by atoms with Gasteiger partial charge in [0.15, 0.2) is 0 Å². The van der Waals surface area contributed by atoms with Gasteiger partial charge in [-0.25, -0.2) is 0 Å². The quantitative estimate of drug-likeness (QED) is 0.916. The molecule has 6 heteroatoms. The molecule has 1 N–H and O–H groups in total. The molecule has 1 aromatic carbocycles. The fraction of sp³-hybridized carbons (Fsp3) is 0.429. The molecule has 0 saturated carbocycles. The van der Waals surface area contributed by atoms with Gasteiger partial charge in [0.1, 0.15) is 5.75 Å². The summed E-state index contributed by atoms with van der Waals surface area (Å²) < 4.78 is 5.11. The van der Waals surface area contributed by atoms with Crippen LogP contribution in [0.3, 0.4) is 0 Å². The van der Waals surface area contributed by atoms with Crippen LogP contribution in [0.1, 0.15) is 16.8 Å². The van der Waals surface area contributed by atoms with Crippen LogP contribution in [0.5, 0.6) is 5.75 Å². The number of rotatable bonds is 4. The molecule has 0 radical (unpaired) electrons. The van der Waals surface area contributed by atoms with E-state index in [-0.39, 0.29) is 18.4 Å². The first-order valence-corrected chi connectivity index (χ1v) is 7.52. The van der Waals surface area contributed by atoms with Crippen molar-refractivity contribution in [3.8, 4) is 5.75 Å². The summed E-state index contributed by atoms with van der Waals surface area (Å²) in [5.74, 6) is 1.13. The molecule has 1 atom stereocenters. The molecule has 1 saturated heterocycles. The maximum Gasteiger partial charge on any atom is 0.305 e. The van der Waals surface area contributed by atoms with Crippen molar-refractivity contribution in [2.45, 2.75) is 12.5 Å². The highest BCUT2D eigenvalue weighted by atomic mass is 32.2. The van der Waals surface area contributed by atoms with Gasteiger partial charge < -0.3 is 14.7 Å². The Morgan fingerprint density at radius 1 is 1.50 bits per heavy atom. The van der Waals surface area contributed by atoms with Crippen LogP contribution in [-0.4, -0.2) is 53.1 Å². The summed E-state index contributed by atoms with van der Waals surface area (Å²) in [6, 6.07) is 6.70. The molecule has 2 rings (SSSR count). The summed E-state index contributed by atoms with van der Waals surface area (Å²) in [5, 5.41) is 8.95. The smallest absolute Gasteiger partial charge is 0.305 e. The Morgan fingerprint density at radius 3 is 3.00 bits per heavy atom. The lowest BCUT2D eigenvalue weighted by molar-refractivity contribution is -0.138. The predicted molar refractivity (Wildman–Crippen MR) is 77.4 cm³/mol. The van der Waals surface area contributed by atoms with Gasteiger partial charge in [0.25, 0.3) is 5.91 Å². The Labute approximate surface area is 121 Å². The monoisotopic (exact) mass is 295 g/mol. The zero-order chi connectivity index (χ0) is 14.5. The molecule has 1 unspecified atom stereocenters. The van der Waals surface area contributed by atoms with Gasteiger partial charge in [-0.1, -0.05) is 6.07 Å². The molecular formula is C14H17NO4S. The Kier molecular flexibility index (Phi) is 4.89. The lowest BCUT2D eigenvalue weighted by Gasteiger charge is -2.34. The van der Waals surface area contributed by atoms with Crippen molar-refractivity contribution in [1.82, 2.24) is 4.90 Å². The number of hydrogen-bond acceptors (Lipinski definition) is 4. The van der Waals surface area contributed by atoms with Gasteiger partial charge in [0, 0.05) is 23.6 Å². The van der Waals surface area contributed by atoms with Crippen molar-refractivity contribution in [3.63, 3.8) is 0 Å². The zero-order valence-electron chi connectivity index (χ0n) is 11.2. The number of aliphatic carboxylic acids is 1. The highest BCUT2D eigenvalue weighted by Crippen LogP contribution is 2.22. The van der Waals surface area contributed by atoms with Crippen LogP contribution in [0.15, 0.2) is 24.3 Å². The number of benzene rings is 1. The molecule has 1 aromatic rings. The molecule has 1 aliphatic rings. The summed E-state index contributed by atoms with van der Waals surface area (Å²) in [6.07, 6.45) is -0.0112. The Bertz CT molecular complexity index is 506.